The molecule has 0 bridgehead atoms. The molecule has 26 heavy (non-hydrogen) atoms. The second-order valence-corrected chi connectivity index (χ2v) is 9.34. The van der Waals surface area contributed by atoms with Crippen LogP contribution in [0.1, 0.15) is 151 Å². The molecule has 0 aliphatic carbocycles. The van der Waals surface area contributed by atoms with Gasteiger partial charge in [0.05, 0.1) is 21.7 Å². The van der Waals surface area contributed by atoms with E-state index in [1.165, 1.54) is 0 Å². The second-order valence-electron chi connectivity index (χ2n) is 8.55. The molecule has 1 N–H and O–H groups in total. The minimum Gasteiger partial charge on any atom is -0.333 e. The molecule has 1 saturated heterocycles. The number of rotatable bonds is 6. The number of amides is 1. The molecule has 0 saturated carbocycles. The van der Waals surface area contributed by atoms with Crippen LogP contribution in [0.2, 0.25) is 11.5 Å². The van der Waals surface area contributed by atoms with Crippen LogP contribution in [0.4, 0.5) is 0 Å². The van der Waals surface area contributed by atoms with Crippen LogP contribution in [-0.4, -0.2) is 35.5 Å². The van der Waals surface area contributed by atoms with Crippen LogP contribution in [-0.2, 0) is 0 Å². The predicted octanol–water partition coefficient (Wildman–Crippen LogP) is 21.5. The van der Waals surface area contributed by atoms with Gasteiger partial charge in [-0.15, -0.1) is 0 Å². The Labute approximate surface area is 266 Å². The molecule has 1 amide bonds. The van der Waals surface area contributed by atoms with Crippen LogP contribution < -0.4 is 5.31 Å². The maximum Gasteiger partial charge on any atom is 0.255 e. The van der Waals surface area contributed by atoms with E-state index in [2.05, 4.69) is 27.7 Å². The maximum absolute atomic E-state index is 13.6. The van der Waals surface area contributed by atoms with Gasteiger partial charge in [0.15, 0.2) is 0 Å². The first-order valence-corrected chi connectivity index (χ1v) is 10.3. The van der Waals surface area contributed by atoms with E-state index in [0.717, 1.165) is 6.42 Å². The summed E-state index contributed by atoms with van der Waals surface area (Å²) < 4.78 is 8.28. The first-order valence-electron chi connectivity index (χ1n) is 9.94. The Morgan fingerprint density at radius 1 is 1.35 bits per heavy atom. The van der Waals surface area contributed by atoms with Gasteiger partial charge < -0.3 is 10.2 Å². The number of benzene rings is 1. The number of carbonyl (C=O) groups excluding carboxylic acids is 1. The van der Waals surface area contributed by atoms with Crippen molar-refractivity contribution < 1.29 is 98.9 Å². The summed E-state index contributed by atoms with van der Waals surface area (Å²) >= 11 is 12.5. The average Bonchev–Trinajstić information content (AvgIpc) is 2.83. The Hall–Kier alpha value is -0.770. The Morgan fingerprint density at radius 3 is 2.46 bits per heavy atom. The lowest BCUT2D eigenvalue weighted by atomic mass is 9.83. The molecule has 1 aliphatic heterocycles. The highest BCUT2D eigenvalue weighted by molar-refractivity contribution is 6.43. The van der Waals surface area contributed by atoms with Crippen molar-refractivity contribution in [3.8, 4) is 0 Å². The summed E-state index contributed by atoms with van der Waals surface area (Å²) in [5.41, 5.74) is 0.0221. The summed E-state index contributed by atoms with van der Waals surface area (Å²) in [6, 6.07) is 5.15. The highest BCUT2D eigenvalue weighted by Crippen LogP contribution is 2.33. The smallest absolute Gasteiger partial charge is 0.255 e. The number of carbonyl (C=O) groups is 1. The van der Waals surface area contributed by atoms with Crippen molar-refractivity contribution in [2.75, 3.05) is 13.1 Å². The third-order valence-electron chi connectivity index (χ3n) is 5.68. The van der Waals surface area contributed by atoms with Gasteiger partial charge in [-0.3, -0.25) is 4.79 Å². The summed E-state index contributed by atoms with van der Waals surface area (Å²) in [6.45, 7) is 14.2. The van der Waals surface area contributed by atoms with Crippen LogP contribution in [0.3, 0.4) is 0 Å². The molecule has 3 nitrogen and oxygen atoms in total. The van der Waals surface area contributed by atoms with E-state index in [-0.39, 0.29) is 105 Å². The molecule has 1 atom stereocenters. The number of nitrogens with zero attached hydrogens (tertiary/aromatic N) is 1. The van der Waals surface area contributed by atoms with Crippen LogP contribution in [0.5, 0.6) is 0 Å². The SMILES string of the molecule is [2H]N1CC[C@H](N(CC(C(C)C)C(C)C)C(=O)c2cccc(Cl)c2Cl)C1(C)C.[HH].[HH].[HH].[HH].[HH].[HH].[HH].[HH].[HH].[HH].[HH].[HH].[HH].[HH].[HH].[HH].[HH].[HH].[HH].[HH].[HH].[HH].[HH].[HH].[HH].[HH].[HH].[HH].[HH].[HH].[HH].[HH].[HH].[HH].[HH].[HH].[HH].[HH].[HH].[HH].[HH].[HH].[HH].[HH].[HH].[HH].[HH].[HH].[HH].[HH].[HH].[HH].[HH].[HH].[HH].[HH].[HH].[HH].[HH].[HH].[HH].[HH].[HH].[HH].[HH]. The van der Waals surface area contributed by atoms with Gasteiger partial charge in [0, 0.05) is 105 Å². The van der Waals surface area contributed by atoms with E-state index in [1.54, 1.807) is 23.5 Å². The van der Waals surface area contributed by atoms with Crippen molar-refractivity contribution in [2.45, 2.75) is 59.5 Å². The van der Waals surface area contributed by atoms with E-state index in [1.807, 2.05) is 18.7 Å². The highest BCUT2D eigenvalue weighted by Gasteiger charge is 2.42. The first-order chi connectivity index (χ1) is 12.5. The topological polar surface area (TPSA) is 32.3 Å². The highest BCUT2D eigenvalue weighted by atomic mass is 35.5. The van der Waals surface area contributed by atoms with Crippen molar-refractivity contribution in [1.29, 1.82) is 0 Å². The molecule has 1 aliphatic rings. The Kier molecular flexibility index (Phi) is 6.53. The minimum absolute atomic E-state index is 0. The fraction of sp³-hybridized carbons (Fsp3) is 0.667. The number of nitrogens with one attached hydrogen (secondary N) is 1. The normalized spacial score (nSPS) is 20.9. The van der Waals surface area contributed by atoms with Crippen LogP contribution in [0.25, 0.3) is 0 Å². The Morgan fingerprint density at radius 2 is 1.96 bits per heavy atom. The summed E-state index contributed by atoms with van der Waals surface area (Å²) in [5.74, 6) is 1.17. The lowest BCUT2D eigenvalue weighted by molar-refractivity contribution is 0.0513. The van der Waals surface area contributed by atoms with Gasteiger partial charge in [-0.1, -0.05) is 57.0 Å². The predicted molar refractivity (Wildman–Crippen MR) is 249 cm³/mol. The summed E-state index contributed by atoms with van der Waals surface area (Å²) in [7, 11) is 0. The van der Waals surface area contributed by atoms with Crippen molar-refractivity contribution in [3.05, 3.63) is 33.8 Å². The number of halogens is 2. The first kappa shape index (κ1) is 20.0. The molecule has 276 valence electrons. The zero-order chi connectivity index (χ0) is 20.5. The average molecular weight is 531 g/mol. The summed E-state index contributed by atoms with van der Waals surface area (Å²) in [5, 5.41) is 2.29. The van der Waals surface area contributed by atoms with E-state index < -0.39 is 5.54 Å². The molecule has 0 aromatic heterocycles. The van der Waals surface area contributed by atoms with E-state index in [4.69, 9.17) is 24.6 Å². The zero-order valence-corrected chi connectivity index (χ0v) is 18.2. The molecular formula is C21H162Cl2N2O. The maximum atomic E-state index is 13.6. The Balaban J connectivity index is -0.00000000195. The number of hydrogen-bond donors (Lipinski definition) is 1. The molecule has 5 heteroatoms. The molecule has 1 fully saturated rings. The van der Waals surface area contributed by atoms with E-state index in [9.17, 15) is 4.79 Å². The van der Waals surface area contributed by atoms with Gasteiger partial charge in [0.1, 0.15) is 1.41 Å². The van der Waals surface area contributed by atoms with Gasteiger partial charge in [0.25, 0.3) is 5.91 Å². The molecule has 0 unspecified atom stereocenters. The van der Waals surface area contributed by atoms with Crippen molar-refractivity contribution >= 4 is 29.1 Å². The fourth-order valence-corrected chi connectivity index (χ4v) is 4.45. The van der Waals surface area contributed by atoms with Gasteiger partial charge in [-0.05, 0) is 56.7 Å². The van der Waals surface area contributed by atoms with Crippen molar-refractivity contribution in [1.82, 2.24) is 10.2 Å². The lowest BCUT2D eigenvalue weighted by Crippen LogP contribution is -2.55. The standard InChI is InChI=1S/C21H32Cl2N2O.65H2/c1-13(2)16(14(3)4)12-25(18-10-11-24-21(18,5)6)20(26)15-8-7-9-17(22)19(15)23;;;;;;;;;;;;;;;;;;;;;;;;;;;;;;;;;;;;;;;;;;;;;;;;;;;;;;;;;;;;;;;;;/h7-9,13-14,16,18,24H,10-12H2,1-6H3;65*1H/t18-;;;;;;;;;;;;;;;;;;;;;;;;;;;;;;;;;;;;;;;;;;;;;;;;;;;;;;;;;;;;;;;;;/m0................................................................./s1/i/hD. The largest absolute Gasteiger partial charge is 0.333 e. The molecule has 2 rings (SSSR count). The Bertz CT molecular complexity index is 743. The monoisotopic (exact) mass is 530 g/mol. The molecular weight excluding hydrogens is 367 g/mol. The van der Waals surface area contributed by atoms with Crippen molar-refractivity contribution in [3.63, 3.8) is 0 Å². The van der Waals surface area contributed by atoms with Gasteiger partial charge in [-0.2, -0.15) is 0 Å². The van der Waals surface area contributed by atoms with Gasteiger partial charge >= 0.3 is 0 Å². The van der Waals surface area contributed by atoms with Crippen LogP contribution in [0, 0.1) is 17.8 Å². The van der Waals surface area contributed by atoms with E-state index in [0.29, 0.717) is 46.5 Å². The molecule has 1 heterocycles. The quantitative estimate of drug-likeness (QED) is 0.396. The molecule has 1 aromatic carbocycles. The number of hydrogen-bond acceptors (Lipinski definition) is 2. The van der Waals surface area contributed by atoms with Crippen LogP contribution in [0.15, 0.2) is 18.2 Å². The summed E-state index contributed by atoms with van der Waals surface area (Å²) in [4.78, 5) is 15.5. The van der Waals surface area contributed by atoms with Gasteiger partial charge in [-0.25, -0.2) is 0 Å². The second kappa shape index (κ2) is 8.50. The fourth-order valence-electron chi connectivity index (χ4n) is 4.06. The van der Waals surface area contributed by atoms with E-state index >= 15 is 0 Å². The minimum atomic E-state index is -0.417. The summed E-state index contributed by atoms with van der Waals surface area (Å²) in [6.07, 6.45) is 0.781. The molecule has 0 spiro atoms. The lowest BCUT2D eigenvalue weighted by Gasteiger charge is -2.41. The molecule has 0 radical (unpaired) electrons. The zero-order valence-electron chi connectivity index (χ0n) is 17.7. The van der Waals surface area contributed by atoms with Crippen LogP contribution >= 0.6 is 23.2 Å². The third-order valence-corrected chi connectivity index (χ3v) is 6.50. The van der Waals surface area contributed by atoms with Gasteiger partial charge in [0.2, 0.25) is 0 Å². The molecule has 1 aromatic rings. The van der Waals surface area contributed by atoms with Crippen molar-refractivity contribution in [2.24, 2.45) is 17.8 Å². The third kappa shape index (κ3) is 4.55.